The summed E-state index contributed by atoms with van der Waals surface area (Å²) in [6.45, 7) is -0.451. The lowest BCUT2D eigenvalue weighted by Crippen LogP contribution is -2.38. The summed E-state index contributed by atoms with van der Waals surface area (Å²) in [6, 6.07) is 0. The third kappa shape index (κ3) is 6.43. The third-order valence-corrected chi connectivity index (χ3v) is 2.35. The fraction of sp³-hybridized carbons (Fsp3) is 0.800. The topological polar surface area (TPSA) is 75.4 Å². The van der Waals surface area contributed by atoms with Crippen molar-refractivity contribution in [1.29, 1.82) is 0 Å². The Bertz CT molecular complexity index is 293. The molecule has 0 heterocycles. The summed E-state index contributed by atoms with van der Waals surface area (Å²) in [5.74, 6) is -2.95. The van der Waals surface area contributed by atoms with Gasteiger partial charge in [0.25, 0.3) is 0 Å². The maximum Gasteiger partial charge on any atom is 0.392 e. The van der Waals surface area contributed by atoms with Crippen LogP contribution in [0.3, 0.4) is 0 Å². The summed E-state index contributed by atoms with van der Waals surface area (Å²) >= 11 is 0. The first kappa shape index (κ1) is 16.7. The molecule has 2 amide bonds. The van der Waals surface area contributed by atoms with Crippen LogP contribution in [0.2, 0.25) is 0 Å². The molecule has 5 nitrogen and oxygen atoms in total. The van der Waals surface area contributed by atoms with Gasteiger partial charge in [-0.05, 0) is 13.0 Å². The minimum Gasteiger partial charge on any atom is -0.347 e. The van der Waals surface area contributed by atoms with Crippen LogP contribution in [0.1, 0.15) is 12.8 Å². The van der Waals surface area contributed by atoms with Crippen LogP contribution >= 0.6 is 0 Å². The van der Waals surface area contributed by atoms with E-state index in [2.05, 4.69) is 5.32 Å². The van der Waals surface area contributed by atoms with Gasteiger partial charge in [-0.3, -0.25) is 9.59 Å². The Morgan fingerprint density at radius 2 is 1.89 bits per heavy atom. The van der Waals surface area contributed by atoms with E-state index in [0.717, 1.165) is 0 Å². The number of amides is 2. The zero-order valence-corrected chi connectivity index (χ0v) is 10.4. The lowest BCUT2D eigenvalue weighted by molar-refractivity contribution is -0.180. The van der Waals surface area contributed by atoms with Gasteiger partial charge in [0.05, 0.1) is 12.5 Å². The van der Waals surface area contributed by atoms with Gasteiger partial charge in [-0.2, -0.15) is 13.2 Å². The van der Waals surface area contributed by atoms with Crippen molar-refractivity contribution < 1.29 is 22.8 Å². The number of halogens is 3. The highest BCUT2D eigenvalue weighted by atomic mass is 19.4. The molecular weight excluding hydrogens is 251 g/mol. The standard InChI is InChI=1S/C10H18F3N3O2/c1-16(2)9(18)6-15-8(17)5-7(3-4-14)10(11,12)13/h7H,3-6,14H2,1-2H3,(H,15,17). The second kappa shape index (κ2) is 7.20. The molecule has 0 aliphatic heterocycles. The maximum atomic E-state index is 12.5. The Morgan fingerprint density at radius 3 is 2.28 bits per heavy atom. The normalized spacial score (nSPS) is 13.0. The molecule has 0 aromatic carbocycles. The van der Waals surface area contributed by atoms with Crippen molar-refractivity contribution in [2.75, 3.05) is 27.2 Å². The number of carbonyl (C=O) groups excluding carboxylic acids is 2. The molecular formula is C10H18F3N3O2. The first-order valence-corrected chi connectivity index (χ1v) is 5.42. The number of hydrogen-bond acceptors (Lipinski definition) is 3. The van der Waals surface area contributed by atoms with Gasteiger partial charge in [-0.1, -0.05) is 0 Å². The van der Waals surface area contributed by atoms with Gasteiger partial charge in [0.1, 0.15) is 0 Å². The zero-order chi connectivity index (χ0) is 14.3. The summed E-state index contributed by atoms with van der Waals surface area (Å²) in [7, 11) is 2.98. The number of nitrogens with one attached hydrogen (secondary N) is 1. The molecule has 0 bridgehead atoms. The van der Waals surface area contributed by atoms with Gasteiger partial charge in [-0.25, -0.2) is 0 Å². The number of nitrogens with zero attached hydrogens (tertiary/aromatic N) is 1. The van der Waals surface area contributed by atoms with E-state index in [0.29, 0.717) is 0 Å². The van der Waals surface area contributed by atoms with Crippen molar-refractivity contribution in [3.8, 4) is 0 Å². The van der Waals surface area contributed by atoms with Crippen molar-refractivity contribution in [1.82, 2.24) is 10.2 Å². The van der Waals surface area contributed by atoms with E-state index in [4.69, 9.17) is 5.73 Å². The van der Waals surface area contributed by atoms with Gasteiger partial charge >= 0.3 is 6.18 Å². The first-order valence-electron chi connectivity index (χ1n) is 5.42. The Morgan fingerprint density at radius 1 is 1.33 bits per heavy atom. The van der Waals surface area contributed by atoms with Crippen molar-refractivity contribution in [2.24, 2.45) is 11.7 Å². The van der Waals surface area contributed by atoms with Crippen LogP contribution in [0.25, 0.3) is 0 Å². The summed E-state index contributed by atoms with van der Waals surface area (Å²) in [4.78, 5) is 23.6. The van der Waals surface area contributed by atoms with Gasteiger partial charge < -0.3 is 16.0 Å². The van der Waals surface area contributed by atoms with E-state index in [1.807, 2.05) is 0 Å². The number of carbonyl (C=O) groups is 2. The average molecular weight is 269 g/mol. The average Bonchev–Trinajstić information content (AvgIpc) is 2.23. The number of rotatable bonds is 6. The molecule has 1 atom stereocenters. The third-order valence-electron chi connectivity index (χ3n) is 2.35. The smallest absolute Gasteiger partial charge is 0.347 e. The highest BCUT2D eigenvalue weighted by molar-refractivity contribution is 5.84. The summed E-state index contributed by atoms with van der Waals surface area (Å²) < 4.78 is 37.5. The lowest BCUT2D eigenvalue weighted by atomic mass is 10.0. The molecule has 106 valence electrons. The zero-order valence-electron chi connectivity index (χ0n) is 10.4. The number of likely N-dealkylation sites (N-methyl/N-ethyl adjacent to an activating group) is 1. The van der Waals surface area contributed by atoms with Crippen LogP contribution in [0.15, 0.2) is 0 Å². The van der Waals surface area contributed by atoms with Gasteiger partial charge in [-0.15, -0.1) is 0 Å². The summed E-state index contributed by atoms with van der Waals surface area (Å²) in [5.41, 5.74) is 5.07. The predicted octanol–water partition coefficient (Wildman–Crippen LogP) is 0.108. The van der Waals surface area contributed by atoms with Crippen LogP contribution < -0.4 is 11.1 Å². The number of nitrogens with two attached hydrogens (primary N) is 1. The van der Waals surface area contributed by atoms with Crippen LogP contribution in [0.5, 0.6) is 0 Å². The quantitative estimate of drug-likeness (QED) is 0.718. The molecule has 0 rings (SSSR count). The van der Waals surface area contributed by atoms with Crippen LogP contribution in [-0.2, 0) is 9.59 Å². The Balaban J connectivity index is 4.23. The summed E-state index contributed by atoms with van der Waals surface area (Å²) in [6.07, 6.45) is -5.47. The number of hydrogen-bond donors (Lipinski definition) is 2. The number of alkyl halides is 3. The minimum atomic E-state index is -4.46. The van der Waals surface area contributed by atoms with E-state index < -0.39 is 24.4 Å². The molecule has 8 heteroatoms. The maximum absolute atomic E-state index is 12.5. The molecule has 0 spiro atoms. The Hall–Kier alpha value is -1.31. The first-order chi connectivity index (χ1) is 8.18. The van der Waals surface area contributed by atoms with Gasteiger partial charge in [0.15, 0.2) is 0 Å². The largest absolute Gasteiger partial charge is 0.392 e. The fourth-order valence-corrected chi connectivity index (χ4v) is 1.21. The van der Waals surface area contributed by atoms with E-state index >= 15 is 0 Å². The van der Waals surface area contributed by atoms with Gasteiger partial charge in [0, 0.05) is 20.5 Å². The monoisotopic (exact) mass is 269 g/mol. The Kier molecular flexibility index (Phi) is 6.67. The predicted molar refractivity (Wildman–Crippen MR) is 59.5 cm³/mol. The molecule has 0 aromatic rings. The van der Waals surface area contributed by atoms with Crippen LogP contribution in [0, 0.1) is 5.92 Å². The second-order valence-electron chi connectivity index (χ2n) is 4.08. The van der Waals surface area contributed by atoms with Gasteiger partial charge in [0.2, 0.25) is 11.8 Å². The second-order valence-corrected chi connectivity index (χ2v) is 4.08. The molecule has 0 saturated carbocycles. The van der Waals surface area contributed by atoms with E-state index in [9.17, 15) is 22.8 Å². The van der Waals surface area contributed by atoms with Crippen molar-refractivity contribution in [2.45, 2.75) is 19.0 Å². The highest BCUT2D eigenvalue weighted by Gasteiger charge is 2.39. The SMILES string of the molecule is CN(C)C(=O)CNC(=O)CC(CCN)C(F)(F)F. The van der Waals surface area contributed by atoms with Crippen LogP contribution in [-0.4, -0.2) is 50.1 Å². The Labute approximate surface area is 103 Å². The summed E-state index contributed by atoms with van der Waals surface area (Å²) in [5, 5.41) is 2.15. The van der Waals surface area contributed by atoms with Crippen molar-refractivity contribution in [3.63, 3.8) is 0 Å². The molecule has 0 aliphatic carbocycles. The van der Waals surface area contributed by atoms with Crippen molar-refractivity contribution in [3.05, 3.63) is 0 Å². The molecule has 0 fully saturated rings. The fourth-order valence-electron chi connectivity index (χ4n) is 1.21. The molecule has 0 aromatic heterocycles. The molecule has 0 saturated heterocycles. The van der Waals surface area contributed by atoms with Crippen LogP contribution in [0.4, 0.5) is 13.2 Å². The molecule has 3 N–H and O–H groups in total. The molecule has 0 radical (unpaired) electrons. The van der Waals surface area contributed by atoms with E-state index in [1.165, 1.54) is 19.0 Å². The van der Waals surface area contributed by atoms with E-state index in [-0.39, 0.29) is 25.4 Å². The highest BCUT2D eigenvalue weighted by Crippen LogP contribution is 2.30. The van der Waals surface area contributed by atoms with E-state index in [1.54, 1.807) is 0 Å². The van der Waals surface area contributed by atoms with Crippen molar-refractivity contribution >= 4 is 11.8 Å². The lowest BCUT2D eigenvalue weighted by Gasteiger charge is -2.19. The molecule has 18 heavy (non-hydrogen) atoms. The molecule has 0 aliphatic rings. The molecule has 1 unspecified atom stereocenters. The minimum absolute atomic E-state index is 0.145.